The molecule has 0 fully saturated rings. The molecule has 11 nitrogen and oxygen atoms in total. The Bertz CT molecular complexity index is 3420. The first kappa shape index (κ1) is 36.2. The fourth-order valence-electron chi connectivity index (χ4n) is 9.39. The summed E-state index contributed by atoms with van der Waals surface area (Å²) in [6.45, 7) is 0. The van der Waals surface area contributed by atoms with Gasteiger partial charge in [-0.3, -0.25) is 19.2 Å². The number of rotatable bonds is 6. The normalized spacial score (nSPS) is 17.2. The monoisotopic (exact) mass is 820 g/mol. The Morgan fingerprint density at radius 3 is 1.22 bits per heavy atom. The molecule has 4 heterocycles. The highest BCUT2D eigenvalue weighted by molar-refractivity contribution is 6.42. The minimum Gasteiger partial charge on any atom is -0.508 e. The molecule has 0 spiro atoms. The second kappa shape index (κ2) is 13.7. The molecule has 4 aliphatic heterocycles. The van der Waals surface area contributed by atoms with E-state index in [1.54, 1.807) is 24.3 Å². The van der Waals surface area contributed by atoms with Crippen molar-refractivity contribution in [2.75, 3.05) is 9.80 Å². The van der Waals surface area contributed by atoms with Crippen molar-refractivity contribution >= 4 is 57.2 Å². The van der Waals surface area contributed by atoms with Gasteiger partial charge in [0.05, 0.1) is 17.4 Å². The van der Waals surface area contributed by atoms with E-state index in [0.29, 0.717) is 17.1 Å². The van der Waals surface area contributed by atoms with Gasteiger partial charge in [-0.05, 0) is 60.7 Å². The molecule has 2 atom stereocenters. The summed E-state index contributed by atoms with van der Waals surface area (Å²) in [5.74, 6) is -2.42. The zero-order valence-electron chi connectivity index (χ0n) is 33.2. The number of anilines is 2. The molecule has 4 amide bonds. The van der Waals surface area contributed by atoms with E-state index < -0.39 is 36.0 Å². The summed E-state index contributed by atoms with van der Waals surface area (Å²) >= 11 is 0. The minimum absolute atomic E-state index is 0.0127. The minimum atomic E-state index is -0.602. The van der Waals surface area contributed by atoms with Crippen LogP contribution in [-0.4, -0.2) is 28.7 Å². The van der Waals surface area contributed by atoms with Gasteiger partial charge in [0, 0.05) is 68.4 Å². The molecular formula is C52H32N6O5+2. The predicted molar refractivity (Wildman–Crippen MR) is 235 cm³/mol. The molecule has 11 heteroatoms. The van der Waals surface area contributed by atoms with Crippen molar-refractivity contribution in [1.29, 1.82) is 0 Å². The van der Waals surface area contributed by atoms with Crippen molar-refractivity contribution in [3.8, 4) is 5.75 Å². The van der Waals surface area contributed by atoms with Crippen molar-refractivity contribution in [1.82, 2.24) is 9.15 Å². The first-order valence-corrected chi connectivity index (χ1v) is 20.4. The molecule has 4 aliphatic rings. The highest BCUT2D eigenvalue weighted by atomic mass is 16.3. The second-order valence-electron chi connectivity index (χ2n) is 15.7. The van der Waals surface area contributed by atoms with Crippen LogP contribution in [-0.2, 0) is 0 Å². The second-order valence-corrected chi connectivity index (χ2v) is 15.7. The van der Waals surface area contributed by atoms with E-state index in [-0.39, 0.29) is 44.5 Å². The van der Waals surface area contributed by atoms with Crippen LogP contribution in [0.25, 0.3) is 10.8 Å². The number of fused-ring (bicyclic) bond motifs is 2. The SMILES string of the molecule is O=C1c2ccc3c4c(ccc(c24)C(=O)N1c1ccc(O)cc1)C(=O)N(c1cc([N+]2=c4ccccc4=NC2c2ccccc2)cc([N+]2=c4ccccc4=NC2c2ccccc2)c1)C3=O. The summed E-state index contributed by atoms with van der Waals surface area (Å²) in [7, 11) is 0. The highest BCUT2D eigenvalue weighted by Gasteiger charge is 2.43. The van der Waals surface area contributed by atoms with Crippen molar-refractivity contribution in [2.45, 2.75) is 12.3 Å². The van der Waals surface area contributed by atoms with Crippen LogP contribution in [0.4, 0.5) is 22.7 Å². The largest absolute Gasteiger partial charge is 0.508 e. The summed E-state index contributed by atoms with van der Waals surface area (Å²) < 4.78 is 4.26. The highest BCUT2D eigenvalue weighted by Crippen LogP contribution is 2.42. The molecule has 12 rings (SSSR count). The van der Waals surface area contributed by atoms with Crippen LogP contribution in [0.3, 0.4) is 0 Å². The number of hydrogen-bond donors (Lipinski definition) is 1. The van der Waals surface area contributed by atoms with Crippen molar-refractivity contribution < 1.29 is 24.3 Å². The van der Waals surface area contributed by atoms with Gasteiger partial charge in [-0.25, -0.2) is 19.8 Å². The van der Waals surface area contributed by atoms with E-state index in [1.165, 1.54) is 29.2 Å². The van der Waals surface area contributed by atoms with E-state index >= 15 is 9.59 Å². The molecule has 8 aromatic rings. The number of hydrogen-bond acceptors (Lipinski definition) is 7. The van der Waals surface area contributed by atoms with Crippen LogP contribution < -0.4 is 40.4 Å². The average molecular weight is 821 g/mol. The zero-order valence-corrected chi connectivity index (χ0v) is 33.2. The van der Waals surface area contributed by atoms with Gasteiger partial charge in [0.25, 0.3) is 36.0 Å². The van der Waals surface area contributed by atoms with E-state index in [9.17, 15) is 14.7 Å². The van der Waals surface area contributed by atoms with E-state index in [0.717, 1.165) is 37.5 Å². The molecule has 0 radical (unpaired) electrons. The van der Waals surface area contributed by atoms with Gasteiger partial charge >= 0.3 is 0 Å². The summed E-state index contributed by atoms with van der Waals surface area (Å²) in [4.78, 5) is 70.9. The molecule has 0 bridgehead atoms. The van der Waals surface area contributed by atoms with Crippen LogP contribution >= 0.6 is 0 Å². The average Bonchev–Trinajstić information content (AvgIpc) is 3.91. The predicted octanol–water partition coefficient (Wildman–Crippen LogP) is 6.46. The first-order valence-electron chi connectivity index (χ1n) is 20.4. The number of nitrogens with zero attached hydrogens (tertiary/aromatic N) is 6. The maximum Gasteiger partial charge on any atom is 0.279 e. The lowest BCUT2D eigenvalue weighted by Crippen LogP contribution is -2.43. The Morgan fingerprint density at radius 1 is 0.413 bits per heavy atom. The number of phenols is 1. The third kappa shape index (κ3) is 5.39. The molecular weight excluding hydrogens is 789 g/mol. The third-order valence-electron chi connectivity index (χ3n) is 12.2. The lowest BCUT2D eigenvalue weighted by atomic mass is 9.85. The Hall–Kier alpha value is -8.70. The summed E-state index contributed by atoms with van der Waals surface area (Å²) in [6.07, 6.45) is -0.930. The first-order chi connectivity index (χ1) is 30.8. The molecule has 0 aliphatic carbocycles. The number of amides is 4. The van der Waals surface area contributed by atoms with Gasteiger partial charge in [-0.2, -0.15) is 9.15 Å². The third-order valence-corrected chi connectivity index (χ3v) is 12.2. The van der Waals surface area contributed by atoms with Gasteiger partial charge < -0.3 is 5.11 Å². The number of phenolic OH excluding ortho intramolecular Hbond substituents is 1. The van der Waals surface area contributed by atoms with Crippen LogP contribution in [0.2, 0.25) is 0 Å². The summed E-state index contributed by atoms with van der Waals surface area (Å²) in [6, 6.07) is 53.5. The number of carbonyl (C=O) groups is 4. The number of para-hydroxylation sites is 4. The topological polar surface area (TPSA) is 126 Å². The standard InChI is InChI=1S/C52H31N6O5/c59-36-21-19-32(20-22-36)57-49(60)37-23-25-39-46-40(26-24-38(45(37)46)50(57)61)52(63)58(51(39)62)35-28-33(55-43-17-9-7-15-41(43)53-47(55)30-11-3-1-4-12-30)27-34(29-35)56-44-18-10-8-16-42(44)54-48(56)31-13-5-2-6-14-31/h1-29,47-48H/q+1/p+1. The van der Waals surface area contributed by atoms with Gasteiger partial charge in [-0.1, -0.05) is 84.9 Å². The van der Waals surface area contributed by atoms with Crippen LogP contribution in [0, 0.1) is 0 Å². The summed E-state index contributed by atoms with van der Waals surface area (Å²) in [5, 5.41) is 13.7. The molecule has 1 N–H and O–H groups in total. The molecule has 0 saturated carbocycles. The van der Waals surface area contributed by atoms with Crippen molar-refractivity contribution in [3.05, 3.63) is 231 Å². The maximum absolute atomic E-state index is 15.1. The number of benzene rings is 8. The maximum atomic E-state index is 15.1. The Morgan fingerprint density at radius 2 is 0.794 bits per heavy atom. The van der Waals surface area contributed by atoms with Gasteiger partial charge in [0.2, 0.25) is 22.1 Å². The van der Waals surface area contributed by atoms with Crippen LogP contribution in [0.1, 0.15) is 64.9 Å². The molecule has 8 aromatic carbocycles. The number of imide groups is 2. The molecule has 0 saturated heterocycles. The Kier molecular flexibility index (Phi) is 7.85. The van der Waals surface area contributed by atoms with Crippen LogP contribution in [0.5, 0.6) is 5.75 Å². The van der Waals surface area contributed by atoms with E-state index in [2.05, 4.69) is 15.2 Å². The van der Waals surface area contributed by atoms with Gasteiger partial charge in [-0.15, -0.1) is 0 Å². The van der Waals surface area contributed by atoms with Crippen molar-refractivity contribution in [3.63, 3.8) is 0 Å². The molecule has 298 valence electrons. The van der Waals surface area contributed by atoms with E-state index in [4.69, 9.17) is 9.98 Å². The van der Waals surface area contributed by atoms with Gasteiger partial charge in [0.1, 0.15) is 16.5 Å². The fourth-order valence-corrected chi connectivity index (χ4v) is 9.39. The summed E-state index contributed by atoms with van der Waals surface area (Å²) in [5.41, 5.74) is 4.61. The Labute approximate surface area is 358 Å². The molecule has 63 heavy (non-hydrogen) atoms. The van der Waals surface area contributed by atoms with Gasteiger partial charge in [0.15, 0.2) is 0 Å². The van der Waals surface area contributed by atoms with E-state index in [1.807, 2.05) is 121 Å². The fraction of sp³-hybridized carbons (Fsp3) is 0.0385. The van der Waals surface area contributed by atoms with Crippen LogP contribution in [0.15, 0.2) is 186 Å². The lowest BCUT2D eigenvalue weighted by Gasteiger charge is -2.32. The number of carbonyl (C=O) groups excluding carboxylic acids is 4. The Balaban J connectivity index is 1.07. The van der Waals surface area contributed by atoms with Crippen molar-refractivity contribution in [2.24, 2.45) is 9.98 Å². The quantitative estimate of drug-likeness (QED) is 0.153. The zero-order chi connectivity index (χ0) is 42.5. The lowest BCUT2D eigenvalue weighted by molar-refractivity contribution is 0.0873. The molecule has 0 aromatic heterocycles. The number of aromatic hydroxyl groups is 1. The smallest absolute Gasteiger partial charge is 0.279 e. The molecule has 2 unspecified atom stereocenters.